The van der Waals surface area contributed by atoms with E-state index < -0.39 is 23.7 Å². The molecule has 5 heteroatoms. The molecule has 0 radical (unpaired) electrons. The van der Waals surface area contributed by atoms with Gasteiger partial charge < -0.3 is 0 Å². The van der Waals surface area contributed by atoms with Crippen LogP contribution >= 0.6 is 0 Å². The second-order valence-electron chi connectivity index (χ2n) is 4.22. The third kappa shape index (κ3) is 3.64. The topological polar surface area (TPSA) is 52.1 Å². The van der Waals surface area contributed by atoms with E-state index in [9.17, 15) is 4.79 Å². The SMILES string of the molecule is O=C(Oc1ccccn1)c1nccc[c]1[Ir][c]1ccccc1. The van der Waals surface area contributed by atoms with E-state index in [0.29, 0.717) is 5.69 Å². The first-order valence-corrected chi connectivity index (χ1v) is 8.96. The van der Waals surface area contributed by atoms with Crippen molar-refractivity contribution in [3.05, 3.63) is 78.8 Å². The van der Waals surface area contributed by atoms with E-state index in [-0.39, 0.29) is 5.88 Å². The van der Waals surface area contributed by atoms with Crippen molar-refractivity contribution in [1.82, 2.24) is 9.97 Å². The molecule has 22 heavy (non-hydrogen) atoms. The summed E-state index contributed by atoms with van der Waals surface area (Å²) in [5.74, 6) is -0.183. The molecule has 0 atom stereocenters. The Bertz CT molecular complexity index is 764. The summed E-state index contributed by atoms with van der Waals surface area (Å²) in [6.07, 6.45) is 3.19. The van der Waals surface area contributed by atoms with Gasteiger partial charge in [-0.05, 0) is 0 Å². The normalized spacial score (nSPS) is 10.4. The number of carbonyl (C=O) groups excluding carboxylic acids is 1. The van der Waals surface area contributed by atoms with Gasteiger partial charge in [-0.3, -0.25) is 0 Å². The Hall–Kier alpha value is -2.36. The summed E-state index contributed by atoms with van der Waals surface area (Å²) >= 11 is -0.638. The molecule has 1 aromatic carbocycles. The van der Waals surface area contributed by atoms with Crippen molar-refractivity contribution in [2.24, 2.45) is 0 Å². The Morgan fingerprint density at radius 2 is 1.64 bits per heavy atom. The van der Waals surface area contributed by atoms with Gasteiger partial charge in [0.05, 0.1) is 0 Å². The molecule has 0 bridgehead atoms. The molecule has 0 aliphatic rings. The van der Waals surface area contributed by atoms with Crippen molar-refractivity contribution in [3.8, 4) is 5.88 Å². The van der Waals surface area contributed by atoms with E-state index in [1.165, 1.54) is 4.08 Å². The van der Waals surface area contributed by atoms with Crippen molar-refractivity contribution in [3.63, 3.8) is 0 Å². The number of esters is 1. The molecule has 0 unspecified atom stereocenters. The number of benzene rings is 1. The predicted molar refractivity (Wildman–Crippen MR) is 79.1 cm³/mol. The van der Waals surface area contributed by atoms with Crippen LogP contribution in [0.25, 0.3) is 0 Å². The Kier molecular flexibility index (Phi) is 4.68. The summed E-state index contributed by atoms with van der Waals surface area (Å²) in [5.41, 5.74) is 0.372. The van der Waals surface area contributed by atoms with Crippen LogP contribution < -0.4 is 12.9 Å². The van der Waals surface area contributed by atoms with E-state index in [2.05, 4.69) is 22.1 Å². The van der Waals surface area contributed by atoms with Gasteiger partial charge in [-0.15, -0.1) is 0 Å². The molecular formula is C17H12IrN2O2. The third-order valence-electron chi connectivity index (χ3n) is 2.67. The molecule has 3 rings (SSSR count). The van der Waals surface area contributed by atoms with Gasteiger partial charge in [-0.2, -0.15) is 0 Å². The first kappa shape index (κ1) is 14.6. The van der Waals surface area contributed by atoms with E-state index in [0.717, 1.165) is 4.08 Å². The Morgan fingerprint density at radius 3 is 2.41 bits per heavy atom. The molecule has 3 aromatic rings. The van der Waals surface area contributed by atoms with E-state index >= 15 is 0 Å². The Labute approximate surface area is 136 Å². The Balaban J connectivity index is 1.83. The molecule has 0 N–H and O–H groups in total. The van der Waals surface area contributed by atoms with Crippen LogP contribution in [0.5, 0.6) is 5.88 Å². The summed E-state index contributed by atoms with van der Waals surface area (Å²) < 4.78 is 7.48. The van der Waals surface area contributed by atoms with Gasteiger partial charge in [0.1, 0.15) is 0 Å². The monoisotopic (exact) mass is 469 g/mol. The maximum atomic E-state index is 12.3. The van der Waals surface area contributed by atoms with Gasteiger partial charge in [0.25, 0.3) is 0 Å². The van der Waals surface area contributed by atoms with E-state index in [1.807, 2.05) is 30.3 Å². The Morgan fingerprint density at radius 1 is 0.864 bits per heavy atom. The second kappa shape index (κ2) is 7.07. The fraction of sp³-hybridized carbons (Fsp3) is 0. The van der Waals surface area contributed by atoms with Gasteiger partial charge in [0, 0.05) is 0 Å². The summed E-state index contributed by atoms with van der Waals surface area (Å²) in [4.78, 5) is 20.5. The standard InChI is InChI=1S/C11H7N2O2.C6H5.Ir/c14-11(9-5-1-3-7-12-9)15-10-6-2-4-8-13-10;1-2-4-6-5-3-1;/h1-4,6-8H;1-5H;. The molecule has 0 saturated heterocycles. The fourth-order valence-corrected chi connectivity index (χ4v) is 4.43. The number of ether oxygens (including phenoxy) is 1. The van der Waals surface area contributed by atoms with Crippen molar-refractivity contribution in [2.75, 3.05) is 0 Å². The van der Waals surface area contributed by atoms with Gasteiger partial charge in [-0.25, -0.2) is 0 Å². The van der Waals surface area contributed by atoms with Gasteiger partial charge >= 0.3 is 136 Å². The van der Waals surface area contributed by atoms with Crippen LogP contribution in [0, 0.1) is 0 Å². The fourth-order valence-electron chi connectivity index (χ4n) is 1.71. The zero-order chi connectivity index (χ0) is 15.2. The second-order valence-corrected chi connectivity index (χ2v) is 7.49. The van der Waals surface area contributed by atoms with Gasteiger partial charge in [0.15, 0.2) is 0 Å². The van der Waals surface area contributed by atoms with Crippen molar-refractivity contribution in [2.45, 2.75) is 0 Å². The summed E-state index contributed by atoms with van der Waals surface area (Å²) in [6.45, 7) is 0. The average Bonchev–Trinajstić information content (AvgIpc) is 2.57. The predicted octanol–water partition coefficient (Wildman–Crippen LogP) is 1.73. The zero-order valence-electron chi connectivity index (χ0n) is 11.5. The summed E-state index contributed by atoms with van der Waals surface area (Å²) in [6, 6.07) is 19.1. The summed E-state index contributed by atoms with van der Waals surface area (Å²) in [7, 11) is 0. The molecule has 0 amide bonds. The van der Waals surface area contributed by atoms with Gasteiger partial charge in [-0.1, -0.05) is 0 Å². The van der Waals surface area contributed by atoms with Crippen LogP contribution in [0.1, 0.15) is 10.5 Å². The van der Waals surface area contributed by atoms with E-state index in [4.69, 9.17) is 4.74 Å². The number of carbonyl (C=O) groups is 1. The van der Waals surface area contributed by atoms with Crippen molar-refractivity contribution >= 4 is 14.1 Å². The van der Waals surface area contributed by atoms with Crippen LogP contribution in [0.15, 0.2) is 73.1 Å². The minimum absolute atomic E-state index is 0.281. The van der Waals surface area contributed by atoms with Crippen LogP contribution in [-0.4, -0.2) is 15.9 Å². The minimum atomic E-state index is -0.638. The molecule has 4 nitrogen and oxygen atoms in total. The number of pyridine rings is 2. The maximum absolute atomic E-state index is 12.3. The van der Waals surface area contributed by atoms with E-state index in [1.54, 1.807) is 30.6 Å². The zero-order valence-corrected chi connectivity index (χ0v) is 13.9. The number of rotatable bonds is 4. The van der Waals surface area contributed by atoms with Crippen LogP contribution in [0.4, 0.5) is 0 Å². The van der Waals surface area contributed by atoms with Crippen molar-refractivity contribution in [1.29, 1.82) is 0 Å². The molecule has 2 aromatic heterocycles. The van der Waals surface area contributed by atoms with Crippen LogP contribution in [-0.2, 0) is 17.7 Å². The number of hydrogen-bond acceptors (Lipinski definition) is 4. The average molecular weight is 469 g/mol. The molecule has 0 aliphatic carbocycles. The number of aromatic nitrogens is 2. The van der Waals surface area contributed by atoms with Gasteiger partial charge in [0.2, 0.25) is 0 Å². The molecule has 0 fully saturated rings. The van der Waals surface area contributed by atoms with Crippen LogP contribution in [0.3, 0.4) is 0 Å². The quantitative estimate of drug-likeness (QED) is 0.548. The molecule has 2 heterocycles. The molecule has 0 aliphatic heterocycles. The summed E-state index contributed by atoms with van der Waals surface area (Å²) in [5, 5.41) is 0. The van der Waals surface area contributed by atoms with Crippen LogP contribution in [0.2, 0.25) is 0 Å². The number of hydrogen-bond donors (Lipinski definition) is 0. The number of nitrogens with zero attached hydrogens (tertiary/aromatic N) is 2. The molecule has 111 valence electrons. The third-order valence-corrected chi connectivity index (χ3v) is 5.77. The molecule has 0 spiro atoms. The molecular weight excluding hydrogens is 456 g/mol. The first-order chi connectivity index (χ1) is 10.8. The van der Waals surface area contributed by atoms with Crippen molar-refractivity contribution < 1.29 is 27.2 Å². The molecule has 0 saturated carbocycles. The first-order valence-electron chi connectivity index (χ1n) is 6.56.